The van der Waals surface area contributed by atoms with E-state index in [0.29, 0.717) is 5.75 Å². The Labute approximate surface area is 114 Å². The summed E-state index contributed by atoms with van der Waals surface area (Å²) >= 11 is 0. The maximum atomic E-state index is 12.0. The van der Waals surface area contributed by atoms with E-state index in [-0.39, 0.29) is 11.5 Å². The lowest BCUT2D eigenvalue weighted by atomic mass is 9.92. The minimum atomic E-state index is -0.285. The number of carbonyl (C=O) groups is 1. The summed E-state index contributed by atoms with van der Waals surface area (Å²) in [6.45, 7) is 7.71. The van der Waals surface area contributed by atoms with Crippen LogP contribution in [0.3, 0.4) is 0 Å². The summed E-state index contributed by atoms with van der Waals surface area (Å²) in [7, 11) is 0. The second-order valence-corrected chi connectivity index (χ2v) is 5.94. The molecule has 0 aliphatic carbocycles. The van der Waals surface area contributed by atoms with Gasteiger partial charge < -0.3 is 9.64 Å². The fourth-order valence-corrected chi connectivity index (χ4v) is 2.01. The van der Waals surface area contributed by atoms with Crippen LogP contribution in [0.4, 0.5) is 4.79 Å². The highest BCUT2D eigenvalue weighted by Gasteiger charge is 2.20. The van der Waals surface area contributed by atoms with Gasteiger partial charge in [0.2, 0.25) is 0 Å². The number of likely N-dealkylation sites (tertiary alicyclic amines) is 1. The maximum Gasteiger partial charge on any atom is 0.415 e. The van der Waals surface area contributed by atoms with E-state index in [2.05, 4.69) is 10.2 Å². The zero-order chi connectivity index (χ0) is 13.9. The zero-order valence-electron chi connectivity index (χ0n) is 11.8. The monoisotopic (exact) mass is 263 g/mol. The standard InChI is InChI=1S/C14H21N3O2/c1-14(2,3)12-9-11(10-15-16-12)19-13(18)17-7-5-4-6-8-17/h9-10H,4-8H2,1-3H3. The largest absolute Gasteiger partial charge is 0.415 e. The van der Waals surface area contributed by atoms with Crippen LogP contribution < -0.4 is 4.74 Å². The van der Waals surface area contributed by atoms with Gasteiger partial charge in [0, 0.05) is 24.6 Å². The molecular weight excluding hydrogens is 242 g/mol. The number of amides is 1. The number of carbonyl (C=O) groups excluding carboxylic acids is 1. The van der Waals surface area contributed by atoms with Gasteiger partial charge in [0.1, 0.15) is 0 Å². The van der Waals surface area contributed by atoms with Crippen molar-refractivity contribution in [3.8, 4) is 5.75 Å². The van der Waals surface area contributed by atoms with E-state index < -0.39 is 0 Å². The van der Waals surface area contributed by atoms with Crippen LogP contribution >= 0.6 is 0 Å². The van der Waals surface area contributed by atoms with Gasteiger partial charge in [0.05, 0.1) is 11.9 Å². The first-order valence-electron chi connectivity index (χ1n) is 6.77. The minimum Gasteiger partial charge on any atom is -0.408 e. The highest BCUT2D eigenvalue weighted by atomic mass is 16.6. The molecule has 1 aliphatic rings. The van der Waals surface area contributed by atoms with Crippen LogP contribution in [0.1, 0.15) is 45.7 Å². The van der Waals surface area contributed by atoms with Crippen molar-refractivity contribution in [3.63, 3.8) is 0 Å². The Morgan fingerprint density at radius 1 is 1.26 bits per heavy atom. The average Bonchev–Trinajstić information content (AvgIpc) is 2.39. The Morgan fingerprint density at radius 2 is 1.95 bits per heavy atom. The molecule has 0 saturated carbocycles. The molecule has 2 heterocycles. The Bertz CT molecular complexity index is 448. The van der Waals surface area contributed by atoms with Crippen LogP contribution in [-0.4, -0.2) is 34.3 Å². The third-order valence-corrected chi connectivity index (χ3v) is 3.22. The maximum absolute atomic E-state index is 12.0. The molecular formula is C14H21N3O2. The highest BCUT2D eigenvalue weighted by molar-refractivity contribution is 5.70. The fourth-order valence-electron chi connectivity index (χ4n) is 2.01. The Balaban J connectivity index is 2.04. The van der Waals surface area contributed by atoms with Crippen LogP contribution in [0, 0.1) is 0 Å². The van der Waals surface area contributed by atoms with Crippen LogP contribution in [0.25, 0.3) is 0 Å². The van der Waals surface area contributed by atoms with Gasteiger partial charge in [-0.05, 0) is 19.3 Å². The fraction of sp³-hybridized carbons (Fsp3) is 0.643. The number of hydrogen-bond acceptors (Lipinski definition) is 4. The number of aromatic nitrogens is 2. The molecule has 1 fully saturated rings. The van der Waals surface area contributed by atoms with Crippen molar-refractivity contribution in [2.75, 3.05) is 13.1 Å². The predicted molar refractivity (Wildman–Crippen MR) is 72.2 cm³/mol. The molecule has 19 heavy (non-hydrogen) atoms. The normalized spacial score (nSPS) is 16.3. The van der Waals surface area contributed by atoms with E-state index in [1.165, 1.54) is 12.6 Å². The number of nitrogens with zero attached hydrogens (tertiary/aromatic N) is 3. The molecule has 0 bridgehead atoms. The summed E-state index contributed by atoms with van der Waals surface area (Å²) in [5.74, 6) is 0.468. The third-order valence-electron chi connectivity index (χ3n) is 3.22. The van der Waals surface area contributed by atoms with Gasteiger partial charge in [0.25, 0.3) is 0 Å². The molecule has 0 N–H and O–H groups in total. The van der Waals surface area contributed by atoms with Crippen LogP contribution in [-0.2, 0) is 5.41 Å². The average molecular weight is 263 g/mol. The summed E-state index contributed by atoms with van der Waals surface area (Å²) in [5, 5.41) is 7.98. The van der Waals surface area contributed by atoms with Crippen molar-refractivity contribution >= 4 is 6.09 Å². The molecule has 0 radical (unpaired) electrons. The number of hydrogen-bond donors (Lipinski definition) is 0. The SMILES string of the molecule is CC(C)(C)c1cc(OC(=O)N2CCCCC2)cnn1. The second kappa shape index (κ2) is 5.55. The van der Waals surface area contributed by atoms with Gasteiger partial charge >= 0.3 is 6.09 Å². The van der Waals surface area contributed by atoms with E-state index in [9.17, 15) is 4.79 Å². The first kappa shape index (κ1) is 13.8. The third kappa shape index (κ3) is 3.66. The van der Waals surface area contributed by atoms with E-state index in [1.807, 2.05) is 20.8 Å². The van der Waals surface area contributed by atoms with Crippen LogP contribution in [0.15, 0.2) is 12.3 Å². The lowest BCUT2D eigenvalue weighted by Crippen LogP contribution is -2.37. The van der Waals surface area contributed by atoms with Gasteiger partial charge in [-0.25, -0.2) is 4.79 Å². The van der Waals surface area contributed by atoms with Gasteiger partial charge in [-0.15, -0.1) is 0 Å². The van der Waals surface area contributed by atoms with E-state index in [1.54, 1.807) is 11.0 Å². The smallest absolute Gasteiger partial charge is 0.408 e. The molecule has 1 saturated heterocycles. The lowest BCUT2D eigenvalue weighted by molar-refractivity contribution is 0.142. The Hall–Kier alpha value is -1.65. The number of rotatable bonds is 1. The summed E-state index contributed by atoms with van der Waals surface area (Å²) in [6, 6.07) is 1.79. The van der Waals surface area contributed by atoms with E-state index in [0.717, 1.165) is 31.6 Å². The topological polar surface area (TPSA) is 55.3 Å². The molecule has 1 aliphatic heterocycles. The lowest BCUT2D eigenvalue weighted by Gasteiger charge is -2.25. The van der Waals surface area contributed by atoms with E-state index in [4.69, 9.17) is 4.74 Å². The molecule has 5 heteroatoms. The van der Waals surface area contributed by atoms with Crippen molar-refractivity contribution in [2.24, 2.45) is 0 Å². The second-order valence-electron chi connectivity index (χ2n) is 5.94. The van der Waals surface area contributed by atoms with Gasteiger partial charge in [-0.1, -0.05) is 20.8 Å². The van der Waals surface area contributed by atoms with E-state index >= 15 is 0 Å². The van der Waals surface area contributed by atoms with Crippen molar-refractivity contribution < 1.29 is 9.53 Å². The molecule has 104 valence electrons. The van der Waals surface area contributed by atoms with Crippen LogP contribution in [0.5, 0.6) is 5.75 Å². The quantitative estimate of drug-likeness (QED) is 0.781. The predicted octanol–water partition coefficient (Wildman–Crippen LogP) is 2.76. The summed E-state index contributed by atoms with van der Waals surface area (Å²) < 4.78 is 5.37. The van der Waals surface area contributed by atoms with Gasteiger partial charge in [0.15, 0.2) is 5.75 Å². The first-order valence-corrected chi connectivity index (χ1v) is 6.77. The number of piperidine rings is 1. The van der Waals surface area contributed by atoms with Crippen LogP contribution in [0.2, 0.25) is 0 Å². The number of ether oxygens (including phenoxy) is 1. The molecule has 1 amide bonds. The van der Waals surface area contributed by atoms with Crippen molar-refractivity contribution in [1.82, 2.24) is 15.1 Å². The molecule has 1 aromatic rings. The zero-order valence-corrected chi connectivity index (χ0v) is 11.8. The molecule has 2 rings (SSSR count). The van der Waals surface area contributed by atoms with Gasteiger partial charge in [-0.3, -0.25) is 0 Å². The summed E-state index contributed by atoms with van der Waals surface area (Å²) in [4.78, 5) is 13.7. The Kier molecular flexibility index (Phi) is 4.02. The molecule has 0 spiro atoms. The van der Waals surface area contributed by atoms with Crippen molar-refractivity contribution in [1.29, 1.82) is 0 Å². The van der Waals surface area contributed by atoms with Gasteiger partial charge in [-0.2, -0.15) is 10.2 Å². The minimum absolute atomic E-state index is 0.111. The van der Waals surface area contributed by atoms with Crippen molar-refractivity contribution in [3.05, 3.63) is 18.0 Å². The molecule has 1 aromatic heterocycles. The Morgan fingerprint density at radius 3 is 2.58 bits per heavy atom. The van der Waals surface area contributed by atoms with Crippen molar-refractivity contribution in [2.45, 2.75) is 45.4 Å². The highest BCUT2D eigenvalue weighted by Crippen LogP contribution is 2.23. The molecule has 0 atom stereocenters. The summed E-state index contributed by atoms with van der Waals surface area (Å²) in [6.07, 6.45) is 4.49. The molecule has 0 aromatic carbocycles. The molecule has 5 nitrogen and oxygen atoms in total. The first-order chi connectivity index (χ1) is 8.97. The summed E-state index contributed by atoms with van der Waals surface area (Å²) in [5.41, 5.74) is 0.706. The molecule has 0 unspecified atom stereocenters.